The molecular formula is C19H18BrN3O. The van der Waals surface area contributed by atoms with E-state index < -0.39 is 0 Å². The molecule has 2 aromatic carbocycles. The summed E-state index contributed by atoms with van der Waals surface area (Å²) >= 11 is 3.39. The molecule has 2 amide bonds. The van der Waals surface area contributed by atoms with Gasteiger partial charge in [0.1, 0.15) is 0 Å². The molecule has 0 saturated carbocycles. The monoisotopic (exact) mass is 383 g/mol. The van der Waals surface area contributed by atoms with Gasteiger partial charge in [-0.1, -0.05) is 46.3 Å². The van der Waals surface area contributed by atoms with Crippen LogP contribution in [0.3, 0.4) is 0 Å². The van der Waals surface area contributed by atoms with Gasteiger partial charge in [0.2, 0.25) is 0 Å². The summed E-state index contributed by atoms with van der Waals surface area (Å²) in [5.41, 5.74) is 3.35. The summed E-state index contributed by atoms with van der Waals surface area (Å²) in [6.45, 7) is 0.583. The Hall–Kier alpha value is -2.53. The molecule has 3 rings (SSSR count). The van der Waals surface area contributed by atoms with E-state index in [2.05, 4.69) is 37.6 Å². The Balaban J connectivity index is 1.45. The Bertz CT molecular complexity index is 852. The summed E-state index contributed by atoms with van der Waals surface area (Å²) in [7, 11) is 0. The largest absolute Gasteiger partial charge is 0.361 e. The molecular weight excluding hydrogens is 366 g/mol. The number of urea groups is 1. The second-order valence-electron chi connectivity index (χ2n) is 5.39. The van der Waals surface area contributed by atoms with Crippen LogP contribution in [0.1, 0.15) is 11.1 Å². The van der Waals surface area contributed by atoms with Crippen molar-refractivity contribution in [3.8, 4) is 0 Å². The zero-order valence-corrected chi connectivity index (χ0v) is 14.6. The van der Waals surface area contributed by atoms with E-state index in [0.29, 0.717) is 6.54 Å². The number of aromatic nitrogens is 1. The van der Waals surface area contributed by atoms with Crippen molar-refractivity contribution < 1.29 is 4.79 Å². The van der Waals surface area contributed by atoms with Crippen LogP contribution in [0.5, 0.6) is 0 Å². The maximum absolute atomic E-state index is 11.8. The molecule has 0 radical (unpaired) electrons. The van der Waals surface area contributed by atoms with Crippen molar-refractivity contribution in [2.24, 2.45) is 0 Å². The Morgan fingerprint density at radius 3 is 2.75 bits per heavy atom. The lowest BCUT2D eigenvalue weighted by Crippen LogP contribution is -2.33. The summed E-state index contributed by atoms with van der Waals surface area (Å²) in [6.07, 6.45) is 6.28. The Morgan fingerprint density at radius 2 is 1.92 bits per heavy atom. The number of halogens is 1. The topological polar surface area (TPSA) is 56.9 Å². The van der Waals surface area contributed by atoms with Crippen LogP contribution in [0.25, 0.3) is 17.0 Å². The predicted molar refractivity (Wildman–Crippen MR) is 102 cm³/mol. The van der Waals surface area contributed by atoms with E-state index in [9.17, 15) is 4.79 Å². The van der Waals surface area contributed by atoms with Gasteiger partial charge in [0, 0.05) is 34.3 Å². The second kappa shape index (κ2) is 7.84. The van der Waals surface area contributed by atoms with Crippen molar-refractivity contribution >= 4 is 38.9 Å². The fraction of sp³-hybridized carbons (Fsp3) is 0.105. The van der Waals surface area contributed by atoms with Gasteiger partial charge < -0.3 is 15.6 Å². The Kier molecular flexibility index (Phi) is 5.33. The van der Waals surface area contributed by atoms with Crippen LogP contribution in [0.2, 0.25) is 0 Å². The summed E-state index contributed by atoms with van der Waals surface area (Å²) in [5.74, 6) is 0. The first-order chi connectivity index (χ1) is 11.7. The maximum atomic E-state index is 11.8. The molecule has 122 valence electrons. The first kappa shape index (κ1) is 16.3. The standard InChI is InChI=1S/C19H18BrN3O/c20-16-7-5-14(6-8-16)9-11-21-19(24)22-12-10-15-13-23-18-4-2-1-3-17(15)18/h1-9,11,13,23H,10,12H2,(H2,21,22,24)/b11-9+. The average Bonchev–Trinajstić information content (AvgIpc) is 3.00. The molecule has 0 aliphatic rings. The molecule has 0 atom stereocenters. The van der Waals surface area contributed by atoms with Gasteiger partial charge in [-0.05, 0) is 41.8 Å². The van der Waals surface area contributed by atoms with E-state index in [1.807, 2.05) is 54.7 Å². The SMILES string of the molecule is O=C(N/C=C/c1ccc(Br)cc1)NCCc1c[nH]c2ccccc12. The van der Waals surface area contributed by atoms with E-state index in [1.54, 1.807) is 6.20 Å². The van der Waals surface area contributed by atoms with Crippen molar-refractivity contribution in [2.75, 3.05) is 6.54 Å². The summed E-state index contributed by atoms with van der Waals surface area (Å²) < 4.78 is 1.03. The van der Waals surface area contributed by atoms with Crippen LogP contribution in [0, 0.1) is 0 Å². The van der Waals surface area contributed by atoms with Gasteiger partial charge in [-0.15, -0.1) is 0 Å². The zero-order chi connectivity index (χ0) is 16.8. The number of fused-ring (bicyclic) bond motifs is 1. The number of hydrogen-bond donors (Lipinski definition) is 3. The minimum atomic E-state index is -0.205. The van der Waals surface area contributed by atoms with Crippen LogP contribution in [0.15, 0.2) is 65.4 Å². The van der Waals surface area contributed by atoms with Crippen molar-refractivity contribution in [2.45, 2.75) is 6.42 Å². The first-order valence-corrected chi connectivity index (χ1v) is 8.53. The molecule has 0 aliphatic heterocycles. The van der Waals surface area contributed by atoms with E-state index in [0.717, 1.165) is 22.0 Å². The highest BCUT2D eigenvalue weighted by Gasteiger charge is 2.03. The van der Waals surface area contributed by atoms with Crippen molar-refractivity contribution in [3.63, 3.8) is 0 Å². The van der Waals surface area contributed by atoms with Gasteiger partial charge in [0.05, 0.1) is 0 Å². The van der Waals surface area contributed by atoms with E-state index in [1.165, 1.54) is 10.9 Å². The van der Waals surface area contributed by atoms with Crippen molar-refractivity contribution in [1.82, 2.24) is 15.6 Å². The van der Waals surface area contributed by atoms with E-state index in [-0.39, 0.29) is 6.03 Å². The molecule has 3 aromatic rings. The molecule has 0 aliphatic carbocycles. The third-order valence-electron chi connectivity index (χ3n) is 3.72. The highest BCUT2D eigenvalue weighted by molar-refractivity contribution is 9.10. The predicted octanol–water partition coefficient (Wildman–Crippen LogP) is 4.44. The number of para-hydroxylation sites is 1. The Morgan fingerprint density at radius 1 is 1.12 bits per heavy atom. The number of H-pyrrole nitrogens is 1. The third kappa shape index (κ3) is 4.26. The lowest BCUT2D eigenvalue weighted by molar-refractivity contribution is 0.244. The molecule has 4 nitrogen and oxygen atoms in total. The number of nitrogens with one attached hydrogen (secondary N) is 3. The normalized spacial score (nSPS) is 11.0. The third-order valence-corrected chi connectivity index (χ3v) is 4.24. The number of hydrogen-bond acceptors (Lipinski definition) is 1. The minimum absolute atomic E-state index is 0.205. The smallest absolute Gasteiger partial charge is 0.318 e. The van der Waals surface area contributed by atoms with E-state index >= 15 is 0 Å². The van der Waals surface area contributed by atoms with Gasteiger partial charge in [0.15, 0.2) is 0 Å². The minimum Gasteiger partial charge on any atom is -0.361 e. The molecule has 0 spiro atoms. The van der Waals surface area contributed by atoms with Crippen LogP contribution in [-0.2, 0) is 6.42 Å². The number of carbonyl (C=O) groups excluding carboxylic acids is 1. The summed E-state index contributed by atoms with van der Waals surface area (Å²) in [5, 5.41) is 6.77. The van der Waals surface area contributed by atoms with Gasteiger partial charge in [0.25, 0.3) is 0 Å². The molecule has 3 N–H and O–H groups in total. The molecule has 24 heavy (non-hydrogen) atoms. The number of amides is 2. The first-order valence-electron chi connectivity index (χ1n) is 7.74. The van der Waals surface area contributed by atoms with Gasteiger partial charge in [-0.3, -0.25) is 0 Å². The fourth-order valence-corrected chi connectivity index (χ4v) is 2.75. The lowest BCUT2D eigenvalue weighted by atomic mass is 10.1. The molecule has 0 fully saturated rings. The number of rotatable bonds is 5. The average molecular weight is 384 g/mol. The quantitative estimate of drug-likeness (QED) is 0.599. The second-order valence-corrected chi connectivity index (χ2v) is 6.31. The van der Waals surface area contributed by atoms with Crippen molar-refractivity contribution in [3.05, 3.63) is 76.5 Å². The van der Waals surface area contributed by atoms with E-state index in [4.69, 9.17) is 0 Å². The fourth-order valence-electron chi connectivity index (χ4n) is 2.49. The van der Waals surface area contributed by atoms with Crippen LogP contribution < -0.4 is 10.6 Å². The maximum Gasteiger partial charge on any atom is 0.318 e. The Labute approximate surface area is 149 Å². The van der Waals surface area contributed by atoms with Crippen LogP contribution in [0.4, 0.5) is 4.79 Å². The summed E-state index contributed by atoms with van der Waals surface area (Å²) in [6, 6.07) is 15.8. The number of aromatic amines is 1. The highest BCUT2D eigenvalue weighted by atomic mass is 79.9. The lowest BCUT2D eigenvalue weighted by Gasteiger charge is -2.04. The van der Waals surface area contributed by atoms with Crippen LogP contribution in [-0.4, -0.2) is 17.6 Å². The van der Waals surface area contributed by atoms with Gasteiger partial charge in [-0.2, -0.15) is 0 Å². The zero-order valence-electron chi connectivity index (χ0n) is 13.1. The molecule has 0 bridgehead atoms. The van der Waals surface area contributed by atoms with Gasteiger partial charge >= 0.3 is 6.03 Å². The molecule has 0 unspecified atom stereocenters. The highest BCUT2D eigenvalue weighted by Crippen LogP contribution is 2.17. The number of benzene rings is 2. The van der Waals surface area contributed by atoms with Crippen molar-refractivity contribution in [1.29, 1.82) is 0 Å². The van der Waals surface area contributed by atoms with Crippen LogP contribution >= 0.6 is 15.9 Å². The molecule has 1 aromatic heterocycles. The van der Waals surface area contributed by atoms with Gasteiger partial charge in [-0.25, -0.2) is 4.79 Å². The molecule has 5 heteroatoms. The molecule has 0 saturated heterocycles. The number of carbonyl (C=O) groups is 1. The molecule has 1 heterocycles. The summed E-state index contributed by atoms with van der Waals surface area (Å²) in [4.78, 5) is 15.0.